The number of carbonyl (C=O) groups is 2. The first kappa shape index (κ1) is 21.8. The number of nitrogens with one attached hydrogen (secondary N) is 2. The number of hydrogen-bond acceptors (Lipinski definition) is 4. The lowest BCUT2D eigenvalue weighted by Crippen LogP contribution is -2.22. The zero-order valence-corrected chi connectivity index (χ0v) is 17.6. The fourth-order valence-electron chi connectivity index (χ4n) is 3.12. The molecular weight excluding hydrogens is 423 g/mol. The average Bonchev–Trinajstić information content (AvgIpc) is 3.38. The Balaban J connectivity index is 1.32. The van der Waals surface area contributed by atoms with Crippen molar-refractivity contribution in [2.75, 3.05) is 5.32 Å². The largest absolute Gasteiger partial charge is 0.489 e. The molecule has 0 radical (unpaired) electrons. The van der Waals surface area contributed by atoms with Gasteiger partial charge in [0.2, 0.25) is 0 Å². The first-order chi connectivity index (χ1) is 16.1. The molecule has 0 unspecified atom stereocenters. The van der Waals surface area contributed by atoms with Crippen LogP contribution in [-0.2, 0) is 13.2 Å². The summed E-state index contributed by atoms with van der Waals surface area (Å²) in [7, 11) is 0. The van der Waals surface area contributed by atoms with E-state index in [1.165, 1.54) is 18.4 Å². The van der Waals surface area contributed by atoms with Gasteiger partial charge in [0, 0.05) is 17.8 Å². The number of furan rings is 1. The highest BCUT2D eigenvalue weighted by atomic mass is 19.1. The van der Waals surface area contributed by atoms with E-state index < -0.39 is 0 Å². The van der Waals surface area contributed by atoms with Crippen molar-refractivity contribution in [2.45, 2.75) is 13.2 Å². The summed E-state index contributed by atoms with van der Waals surface area (Å²) in [6, 6.07) is 23.3. The van der Waals surface area contributed by atoms with E-state index in [-0.39, 0.29) is 36.5 Å². The minimum atomic E-state index is -0.348. The zero-order chi connectivity index (χ0) is 23.0. The van der Waals surface area contributed by atoms with Gasteiger partial charge in [-0.15, -0.1) is 0 Å². The second-order valence-electron chi connectivity index (χ2n) is 7.26. The van der Waals surface area contributed by atoms with Crippen LogP contribution in [0.4, 0.5) is 10.1 Å². The molecule has 0 fully saturated rings. The maximum atomic E-state index is 13.0. The fourth-order valence-corrected chi connectivity index (χ4v) is 3.12. The number of carbonyl (C=O) groups excluding carboxylic acids is 2. The lowest BCUT2D eigenvalue weighted by Gasteiger charge is -2.10. The van der Waals surface area contributed by atoms with Gasteiger partial charge in [-0.25, -0.2) is 4.39 Å². The molecule has 7 heteroatoms. The number of hydrogen-bond donors (Lipinski definition) is 2. The van der Waals surface area contributed by atoms with Crippen molar-refractivity contribution in [1.29, 1.82) is 0 Å². The van der Waals surface area contributed by atoms with Crippen molar-refractivity contribution < 1.29 is 23.1 Å². The van der Waals surface area contributed by atoms with Crippen LogP contribution in [0.3, 0.4) is 0 Å². The van der Waals surface area contributed by atoms with Crippen molar-refractivity contribution in [1.82, 2.24) is 5.32 Å². The Labute approximate surface area is 190 Å². The predicted octanol–water partition coefficient (Wildman–Crippen LogP) is 5.18. The first-order valence-electron chi connectivity index (χ1n) is 10.3. The second-order valence-corrected chi connectivity index (χ2v) is 7.26. The Kier molecular flexibility index (Phi) is 6.80. The van der Waals surface area contributed by atoms with Crippen LogP contribution in [0.1, 0.15) is 32.0 Å². The van der Waals surface area contributed by atoms with E-state index >= 15 is 0 Å². The van der Waals surface area contributed by atoms with E-state index in [9.17, 15) is 14.0 Å². The summed E-state index contributed by atoms with van der Waals surface area (Å²) in [5.41, 5.74) is 2.70. The number of rotatable bonds is 8. The molecule has 2 N–H and O–H groups in total. The number of halogens is 1. The topological polar surface area (TPSA) is 80.6 Å². The van der Waals surface area contributed by atoms with Gasteiger partial charge >= 0.3 is 0 Å². The molecule has 0 atom stereocenters. The van der Waals surface area contributed by atoms with Gasteiger partial charge < -0.3 is 19.8 Å². The fraction of sp³-hybridized carbons (Fsp3) is 0.0769. The van der Waals surface area contributed by atoms with Gasteiger partial charge in [-0.2, -0.15) is 0 Å². The zero-order valence-electron chi connectivity index (χ0n) is 17.6. The van der Waals surface area contributed by atoms with Crippen molar-refractivity contribution in [2.24, 2.45) is 0 Å². The molecule has 4 rings (SSSR count). The monoisotopic (exact) mass is 444 g/mol. The minimum absolute atomic E-state index is 0.218. The molecule has 0 aliphatic heterocycles. The third kappa shape index (κ3) is 6.07. The predicted molar refractivity (Wildman–Crippen MR) is 121 cm³/mol. The smallest absolute Gasteiger partial charge is 0.291 e. The lowest BCUT2D eigenvalue weighted by molar-refractivity contribution is 0.0949. The quantitative estimate of drug-likeness (QED) is 0.392. The van der Waals surface area contributed by atoms with Gasteiger partial charge in [0.05, 0.1) is 6.26 Å². The standard InChI is InChI=1S/C26H21FN2O4/c27-21-11-9-18(10-12-21)17-33-23-7-2-5-20(15-23)25(30)28-16-19-4-1-6-22(14-19)29-26(31)24-8-3-13-32-24/h1-15H,16-17H2,(H,28,30)(H,29,31). The molecule has 0 aliphatic carbocycles. The van der Waals surface area contributed by atoms with Gasteiger partial charge in [-0.3, -0.25) is 9.59 Å². The van der Waals surface area contributed by atoms with Crippen LogP contribution in [0, 0.1) is 5.82 Å². The summed E-state index contributed by atoms with van der Waals surface area (Å²) < 4.78 is 23.8. The second kappa shape index (κ2) is 10.3. The van der Waals surface area contributed by atoms with Crippen LogP contribution in [0.2, 0.25) is 0 Å². The van der Waals surface area contributed by atoms with Crippen LogP contribution in [0.5, 0.6) is 5.75 Å². The molecule has 0 bridgehead atoms. The molecule has 4 aromatic rings. The van der Waals surface area contributed by atoms with E-state index in [2.05, 4.69) is 10.6 Å². The normalized spacial score (nSPS) is 10.5. The van der Waals surface area contributed by atoms with Gasteiger partial charge in [0.15, 0.2) is 5.76 Å². The Bertz CT molecular complexity index is 1240. The molecule has 1 heterocycles. The van der Waals surface area contributed by atoms with E-state index in [1.807, 2.05) is 6.07 Å². The third-order valence-corrected chi connectivity index (χ3v) is 4.80. The summed E-state index contributed by atoms with van der Waals surface area (Å²) in [5.74, 6) is -0.154. The number of benzene rings is 3. The molecule has 2 amide bonds. The van der Waals surface area contributed by atoms with E-state index in [1.54, 1.807) is 66.7 Å². The van der Waals surface area contributed by atoms with Crippen LogP contribution >= 0.6 is 0 Å². The number of anilines is 1. The molecule has 6 nitrogen and oxygen atoms in total. The van der Waals surface area contributed by atoms with Crippen molar-refractivity contribution >= 4 is 17.5 Å². The van der Waals surface area contributed by atoms with Crippen molar-refractivity contribution in [3.63, 3.8) is 0 Å². The maximum Gasteiger partial charge on any atom is 0.291 e. The van der Waals surface area contributed by atoms with Crippen LogP contribution in [0.15, 0.2) is 95.6 Å². The SMILES string of the molecule is O=C(NCc1cccc(NC(=O)c2ccco2)c1)c1cccc(OCc2ccc(F)cc2)c1. The van der Waals surface area contributed by atoms with Crippen molar-refractivity contribution in [3.05, 3.63) is 119 Å². The summed E-state index contributed by atoms with van der Waals surface area (Å²) in [6.45, 7) is 0.547. The van der Waals surface area contributed by atoms with Crippen LogP contribution in [0.25, 0.3) is 0 Å². The summed E-state index contributed by atoms with van der Waals surface area (Å²) in [6.07, 6.45) is 1.43. The lowest BCUT2D eigenvalue weighted by atomic mass is 10.1. The van der Waals surface area contributed by atoms with Gasteiger partial charge in [-0.1, -0.05) is 30.3 Å². The molecule has 0 saturated carbocycles. The number of ether oxygens (including phenoxy) is 1. The van der Waals surface area contributed by atoms with Crippen LogP contribution in [-0.4, -0.2) is 11.8 Å². The molecule has 0 saturated heterocycles. The molecule has 0 aliphatic rings. The van der Waals surface area contributed by atoms with Gasteiger partial charge in [-0.05, 0) is 65.7 Å². The van der Waals surface area contributed by atoms with Gasteiger partial charge in [0.1, 0.15) is 18.2 Å². The Morgan fingerprint density at radius 3 is 2.45 bits per heavy atom. The van der Waals surface area contributed by atoms with Crippen LogP contribution < -0.4 is 15.4 Å². The van der Waals surface area contributed by atoms with Crippen molar-refractivity contribution in [3.8, 4) is 5.75 Å². The average molecular weight is 444 g/mol. The van der Waals surface area contributed by atoms with E-state index in [0.717, 1.165) is 11.1 Å². The first-order valence-corrected chi connectivity index (χ1v) is 10.3. The Hall–Kier alpha value is -4.39. The minimum Gasteiger partial charge on any atom is -0.489 e. The summed E-state index contributed by atoms with van der Waals surface area (Å²) >= 11 is 0. The third-order valence-electron chi connectivity index (χ3n) is 4.80. The number of amides is 2. The molecular formula is C26H21FN2O4. The maximum absolute atomic E-state index is 13.0. The molecule has 3 aromatic carbocycles. The van der Waals surface area contributed by atoms with E-state index in [4.69, 9.17) is 9.15 Å². The molecule has 33 heavy (non-hydrogen) atoms. The highest BCUT2D eigenvalue weighted by Crippen LogP contribution is 2.17. The highest BCUT2D eigenvalue weighted by molar-refractivity contribution is 6.02. The Morgan fingerprint density at radius 1 is 0.848 bits per heavy atom. The highest BCUT2D eigenvalue weighted by Gasteiger charge is 2.10. The summed E-state index contributed by atoms with van der Waals surface area (Å²) in [4.78, 5) is 24.7. The summed E-state index contributed by atoms with van der Waals surface area (Å²) in [5, 5.41) is 5.62. The Morgan fingerprint density at radius 2 is 1.67 bits per heavy atom. The van der Waals surface area contributed by atoms with Gasteiger partial charge in [0.25, 0.3) is 11.8 Å². The van der Waals surface area contributed by atoms with E-state index in [0.29, 0.717) is 17.0 Å². The molecule has 1 aromatic heterocycles. The molecule has 0 spiro atoms. The molecule has 166 valence electrons.